The quantitative estimate of drug-likeness (QED) is 0.317. The maximum absolute atomic E-state index is 11.1. The minimum atomic E-state index is -1.47. The first kappa shape index (κ1) is 22.1. The molecule has 0 amide bonds. The number of hydrogen-bond acceptors (Lipinski definition) is 5. The van der Waals surface area contributed by atoms with Crippen molar-refractivity contribution >= 4 is 28.9 Å². The van der Waals surface area contributed by atoms with Gasteiger partial charge in [0.2, 0.25) is 0 Å². The second-order valence-corrected chi connectivity index (χ2v) is 4.42. The van der Waals surface area contributed by atoms with Crippen LogP contribution >= 0.6 is 0 Å². The van der Waals surface area contributed by atoms with Crippen LogP contribution in [0.15, 0.2) is 53.6 Å². The molecule has 106 valence electrons. The van der Waals surface area contributed by atoms with Gasteiger partial charge in [-0.2, -0.15) is 0 Å². The number of benzene rings is 1. The molecule has 0 unspecified atom stereocenters. The van der Waals surface area contributed by atoms with E-state index in [1.807, 2.05) is 18.2 Å². The standard InChI is InChI=1S/C16H13NO4.2Na/c1-10(8-15(18)19)13(16(20)21)9-12-7-6-11-4-2-3-5-14(11)17-12;;/h2-9H,1H3,(H,18,19)(H,20,21);;/q;2*+1/p-2/b10-8+,13-9+;;. The van der Waals surface area contributed by atoms with E-state index in [4.69, 9.17) is 0 Å². The van der Waals surface area contributed by atoms with Gasteiger partial charge in [-0.05, 0) is 36.8 Å². The minimum absolute atomic E-state index is 0. The summed E-state index contributed by atoms with van der Waals surface area (Å²) < 4.78 is 0. The fraction of sp³-hybridized carbons (Fsp3) is 0.0625. The molecule has 0 bridgehead atoms. The van der Waals surface area contributed by atoms with E-state index < -0.39 is 11.9 Å². The van der Waals surface area contributed by atoms with Gasteiger partial charge in [-0.15, -0.1) is 0 Å². The number of carbonyl (C=O) groups is 2. The Morgan fingerprint density at radius 3 is 2.30 bits per heavy atom. The van der Waals surface area contributed by atoms with Crippen molar-refractivity contribution in [3.63, 3.8) is 0 Å². The zero-order valence-corrected chi connectivity index (χ0v) is 17.2. The third kappa shape index (κ3) is 6.22. The number of carbonyl (C=O) groups excluding carboxylic acids is 2. The average molecular weight is 327 g/mol. The normalized spacial score (nSPS) is 11.3. The van der Waals surface area contributed by atoms with E-state index in [1.54, 1.807) is 18.2 Å². The Bertz CT molecular complexity index is 784. The number of carboxylic acid groups (broad SMARTS) is 2. The average Bonchev–Trinajstić information content (AvgIpc) is 2.43. The molecule has 23 heavy (non-hydrogen) atoms. The SMILES string of the molecule is CC(=C\C(=O)[O-])/C(=C\c1ccc2ccccc2n1)C(=O)[O-].[Na+].[Na+]. The maximum atomic E-state index is 11.1. The van der Waals surface area contributed by atoms with Crippen molar-refractivity contribution in [2.24, 2.45) is 0 Å². The van der Waals surface area contributed by atoms with Crippen LogP contribution in [-0.4, -0.2) is 16.9 Å². The van der Waals surface area contributed by atoms with Gasteiger partial charge in [-0.3, -0.25) is 0 Å². The molecule has 1 aromatic carbocycles. The van der Waals surface area contributed by atoms with Gasteiger partial charge in [0.15, 0.2) is 0 Å². The monoisotopic (exact) mass is 327 g/mol. The summed E-state index contributed by atoms with van der Waals surface area (Å²) in [5, 5.41) is 22.6. The molecular weight excluding hydrogens is 316 g/mol. The molecule has 7 heteroatoms. The van der Waals surface area contributed by atoms with E-state index in [2.05, 4.69) is 4.98 Å². The zero-order chi connectivity index (χ0) is 15.4. The zero-order valence-electron chi connectivity index (χ0n) is 13.2. The van der Waals surface area contributed by atoms with Gasteiger partial charge < -0.3 is 19.8 Å². The fourth-order valence-corrected chi connectivity index (χ4v) is 1.90. The van der Waals surface area contributed by atoms with Crippen LogP contribution < -0.4 is 69.3 Å². The second kappa shape index (κ2) is 10.0. The number of aliphatic carboxylic acids is 2. The van der Waals surface area contributed by atoms with Crippen molar-refractivity contribution in [1.29, 1.82) is 0 Å². The third-order valence-corrected chi connectivity index (χ3v) is 2.89. The van der Waals surface area contributed by atoms with Crippen LogP contribution in [0.2, 0.25) is 0 Å². The smallest absolute Gasteiger partial charge is 0.545 e. The summed E-state index contributed by atoms with van der Waals surface area (Å²) in [6, 6.07) is 10.8. The van der Waals surface area contributed by atoms with Crippen LogP contribution in [-0.2, 0) is 9.59 Å². The fourth-order valence-electron chi connectivity index (χ4n) is 1.90. The Balaban J connectivity index is 0.00000242. The van der Waals surface area contributed by atoms with E-state index in [-0.39, 0.29) is 70.3 Å². The molecule has 2 rings (SSSR count). The summed E-state index contributed by atoms with van der Waals surface area (Å²) in [6.07, 6.45) is 1.99. The van der Waals surface area contributed by atoms with Crippen molar-refractivity contribution < 1.29 is 78.9 Å². The molecule has 5 nitrogen and oxygen atoms in total. The van der Waals surface area contributed by atoms with Crippen LogP contribution in [0.1, 0.15) is 12.6 Å². The number of rotatable bonds is 4. The van der Waals surface area contributed by atoms with Gasteiger partial charge in [-0.1, -0.05) is 24.3 Å². The molecule has 0 fully saturated rings. The van der Waals surface area contributed by atoms with Crippen LogP contribution in [0, 0.1) is 0 Å². The van der Waals surface area contributed by atoms with Gasteiger partial charge in [-0.25, -0.2) is 4.98 Å². The molecule has 0 saturated carbocycles. The first-order valence-corrected chi connectivity index (χ1v) is 6.16. The topological polar surface area (TPSA) is 93.2 Å². The molecule has 0 atom stereocenters. The summed E-state index contributed by atoms with van der Waals surface area (Å²) in [6.45, 7) is 1.36. The first-order chi connectivity index (χ1) is 9.97. The van der Waals surface area contributed by atoms with Gasteiger partial charge in [0.05, 0.1) is 23.1 Å². The van der Waals surface area contributed by atoms with Gasteiger partial charge in [0.25, 0.3) is 0 Å². The molecule has 0 spiro atoms. The number of aromatic nitrogens is 1. The number of para-hydroxylation sites is 1. The molecular formula is C16H11NNa2O4. The van der Waals surface area contributed by atoms with Crippen molar-refractivity contribution in [1.82, 2.24) is 4.98 Å². The number of hydrogen-bond donors (Lipinski definition) is 0. The summed E-state index contributed by atoms with van der Waals surface area (Å²) in [5.41, 5.74) is 0.899. The Hall–Kier alpha value is -0.950. The Morgan fingerprint density at radius 2 is 1.70 bits per heavy atom. The van der Waals surface area contributed by atoms with Crippen LogP contribution in [0.3, 0.4) is 0 Å². The minimum Gasteiger partial charge on any atom is -0.545 e. The molecule has 0 aliphatic carbocycles. The number of pyridine rings is 1. The first-order valence-electron chi connectivity index (χ1n) is 6.16. The van der Waals surface area contributed by atoms with Crippen molar-refractivity contribution in [2.75, 3.05) is 0 Å². The van der Waals surface area contributed by atoms with Crippen molar-refractivity contribution in [3.8, 4) is 0 Å². The van der Waals surface area contributed by atoms with Crippen molar-refractivity contribution in [3.05, 3.63) is 59.3 Å². The van der Waals surface area contributed by atoms with E-state index >= 15 is 0 Å². The van der Waals surface area contributed by atoms with Crippen molar-refractivity contribution in [2.45, 2.75) is 6.92 Å². The maximum Gasteiger partial charge on any atom is 1.00 e. The summed E-state index contributed by atoms with van der Waals surface area (Å²) in [7, 11) is 0. The Labute approximate surface area is 177 Å². The van der Waals surface area contributed by atoms with Crippen LogP contribution in [0.25, 0.3) is 17.0 Å². The van der Waals surface area contributed by atoms with Gasteiger partial charge in [0.1, 0.15) is 0 Å². The third-order valence-electron chi connectivity index (χ3n) is 2.89. The second-order valence-electron chi connectivity index (χ2n) is 4.42. The molecule has 2 aromatic rings. The van der Waals surface area contributed by atoms with Gasteiger partial charge >= 0.3 is 59.1 Å². The summed E-state index contributed by atoms with van der Waals surface area (Å²) in [4.78, 5) is 26.0. The molecule has 1 aromatic heterocycles. The largest absolute Gasteiger partial charge is 1.00 e. The molecule has 0 saturated heterocycles. The molecule has 0 aliphatic rings. The van der Waals surface area contributed by atoms with Crippen LogP contribution in [0.4, 0.5) is 0 Å². The molecule has 1 heterocycles. The Kier molecular flexibility index (Phi) is 9.61. The van der Waals surface area contributed by atoms with E-state index in [9.17, 15) is 19.8 Å². The van der Waals surface area contributed by atoms with Crippen LogP contribution in [0.5, 0.6) is 0 Å². The molecule has 0 radical (unpaired) electrons. The Morgan fingerprint density at radius 1 is 1.04 bits per heavy atom. The molecule has 0 aliphatic heterocycles. The predicted octanol–water partition coefficient (Wildman–Crippen LogP) is -5.93. The van der Waals surface area contributed by atoms with E-state index in [0.29, 0.717) is 17.3 Å². The number of nitrogens with zero attached hydrogens (tertiary/aromatic N) is 1. The van der Waals surface area contributed by atoms with Gasteiger partial charge in [0, 0.05) is 11.0 Å². The predicted molar refractivity (Wildman–Crippen MR) is 73.5 cm³/mol. The number of carboxylic acids is 2. The van der Waals surface area contributed by atoms with E-state index in [1.165, 1.54) is 13.0 Å². The number of fused-ring (bicyclic) bond motifs is 1. The van der Waals surface area contributed by atoms with E-state index in [0.717, 1.165) is 5.39 Å². The summed E-state index contributed by atoms with van der Waals surface area (Å²) in [5.74, 6) is -2.94. The molecule has 0 N–H and O–H groups in total. The summed E-state index contributed by atoms with van der Waals surface area (Å²) >= 11 is 0.